The molecule has 0 unspecified atom stereocenters. The van der Waals surface area contributed by atoms with Crippen molar-refractivity contribution >= 4 is 29.5 Å². The molecule has 0 bridgehead atoms. The number of phenols is 1. The molecule has 0 spiro atoms. The fourth-order valence-electron chi connectivity index (χ4n) is 1.74. The summed E-state index contributed by atoms with van der Waals surface area (Å²) in [5, 5.41) is 10.5. The van der Waals surface area contributed by atoms with Gasteiger partial charge in [-0.25, -0.2) is 9.78 Å². The monoisotopic (exact) mass is 321 g/mol. The summed E-state index contributed by atoms with van der Waals surface area (Å²) in [6.45, 7) is 0. The second-order valence-corrected chi connectivity index (χ2v) is 5.22. The van der Waals surface area contributed by atoms with E-state index in [0.29, 0.717) is 21.4 Å². The van der Waals surface area contributed by atoms with E-state index in [1.165, 1.54) is 38.9 Å². The molecule has 6 nitrogen and oxygen atoms in total. The summed E-state index contributed by atoms with van der Waals surface area (Å²) in [6, 6.07) is 3.34. The average Bonchev–Trinajstić information content (AvgIpc) is 3.02. The maximum atomic E-state index is 11.4. The number of aromatic nitrogens is 1. The predicted octanol–water partition coefficient (Wildman–Crippen LogP) is 2.82. The molecule has 0 radical (unpaired) electrons. The molecule has 116 valence electrons. The first-order chi connectivity index (χ1) is 10.6. The van der Waals surface area contributed by atoms with Gasteiger partial charge in [0.1, 0.15) is 9.88 Å². The molecular weight excluding hydrogens is 306 g/mol. The van der Waals surface area contributed by atoms with Gasteiger partial charge >= 0.3 is 5.97 Å². The van der Waals surface area contributed by atoms with Crippen molar-refractivity contribution in [3.05, 3.63) is 33.8 Å². The normalized spacial score (nSPS) is 10.7. The summed E-state index contributed by atoms with van der Waals surface area (Å²) in [5.74, 6) is 0.163. The molecule has 1 aromatic heterocycles. The van der Waals surface area contributed by atoms with Gasteiger partial charge in [0.25, 0.3) is 0 Å². The highest BCUT2D eigenvalue weighted by Gasteiger charge is 2.11. The zero-order valence-electron chi connectivity index (χ0n) is 12.3. The molecule has 1 aromatic carbocycles. The molecule has 0 fully saturated rings. The van der Waals surface area contributed by atoms with E-state index in [4.69, 9.17) is 9.47 Å². The van der Waals surface area contributed by atoms with Crippen molar-refractivity contribution in [3.63, 3.8) is 0 Å². The van der Waals surface area contributed by atoms with Crippen LogP contribution in [0.25, 0.3) is 12.2 Å². The van der Waals surface area contributed by atoms with Crippen LogP contribution in [-0.2, 0) is 4.74 Å². The average molecular weight is 321 g/mol. The van der Waals surface area contributed by atoms with E-state index in [2.05, 4.69) is 9.72 Å². The van der Waals surface area contributed by atoms with Crippen LogP contribution >= 0.6 is 11.3 Å². The number of thiazole rings is 1. The minimum atomic E-state index is -0.412. The maximum absolute atomic E-state index is 11.4. The summed E-state index contributed by atoms with van der Waals surface area (Å²) < 4.78 is 14.8. The lowest BCUT2D eigenvalue weighted by molar-refractivity contribution is 0.0606. The smallest absolute Gasteiger partial charge is 0.349 e. The van der Waals surface area contributed by atoms with Gasteiger partial charge in [0.2, 0.25) is 5.75 Å². The largest absolute Gasteiger partial charge is 0.502 e. The molecule has 2 rings (SSSR count). The minimum Gasteiger partial charge on any atom is -0.502 e. The number of benzene rings is 1. The Morgan fingerprint density at radius 2 is 1.82 bits per heavy atom. The van der Waals surface area contributed by atoms with Gasteiger partial charge in [0.05, 0.1) is 27.5 Å². The van der Waals surface area contributed by atoms with Crippen LogP contribution in [0.4, 0.5) is 0 Å². The molecule has 0 atom stereocenters. The van der Waals surface area contributed by atoms with Crippen LogP contribution in [0.2, 0.25) is 0 Å². The third kappa shape index (κ3) is 3.37. The van der Waals surface area contributed by atoms with E-state index < -0.39 is 5.97 Å². The summed E-state index contributed by atoms with van der Waals surface area (Å²) in [5.41, 5.74) is 0.765. The molecule has 2 aromatic rings. The van der Waals surface area contributed by atoms with Crippen molar-refractivity contribution in [1.29, 1.82) is 0 Å². The standard InChI is InChI=1S/C15H15NO5S/c1-19-10-6-9(7-11(20-2)14(10)17)4-5-13-16-8-12(22-13)15(18)21-3/h4-8,17H,1-3H3/b5-4-. The van der Waals surface area contributed by atoms with Crippen molar-refractivity contribution < 1.29 is 24.1 Å². The summed E-state index contributed by atoms with van der Waals surface area (Å²) >= 11 is 1.22. The Bertz CT molecular complexity index is 683. The van der Waals surface area contributed by atoms with Crippen molar-refractivity contribution in [2.24, 2.45) is 0 Å². The van der Waals surface area contributed by atoms with Gasteiger partial charge in [0.15, 0.2) is 11.5 Å². The van der Waals surface area contributed by atoms with E-state index in [0.717, 1.165) is 5.56 Å². The predicted molar refractivity (Wildman–Crippen MR) is 83.6 cm³/mol. The van der Waals surface area contributed by atoms with Gasteiger partial charge < -0.3 is 19.3 Å². The Hall–Kier alpha value is -2.54. The highest BCUT2D eigenvalue weighted by molar-refractivity contribution is 7.14. The van der Waals surface area contributed by atoms with Crippen LogP contribution in [0.3, 0.4) is 0 Å². The Labute approximate surface area is 131 Å². The minimum absolute atomic E-state index is 0.0515. The second kappa shape index (κ2) is 6.95. The van der Waals surface area contributed by atoms with Crippen molar-refractivity contribution in [3.8, 4) is 17.2 Å². The first-order valence-corrected chi connectivity index (χ1v) is 7.08. The van der Waals surface area contributed by atoms with E-state index in [-0.39, 0.29) is 5.75 Å². The van der Waals surface area contributed by atoms with Crippen LogP contribution in [0.15, 0.2) is 18.3 Å². The Kier molecular flexibility index (Phi) is 5.00. The van der Waals surface area contributed by atoms with Crippen LogP contribution in [0.1, 0.15) is 20.2 Å². The van der Waals surface area contributed by atoms with Gasteiger partial charge in [-0.15, -0.1) is 11.3 Å². The molecule has 0 saturated carbocycles. The number of esters is 1. The quantitative estimate of drug-likeness (QED) is 0.853. The number of carbonyl (C=O) groups is 1. The van der Waals surface area contributed by atoms with E-state index in [1.54, 1.807) is 24.3 Å². The number of phenolic OH excluding ortho intramolecular Hbond substituents is 1. The first kappa shape index (κ1) is 15.8. The highest BCUT2D eigenvalue weighted by Crippen LogP contribution is 2.37. The van der Waals surface area contributed by atoms with E-state index >= 15 is 0 Å². The number of carbonyl (C=O) groups excluding carboxylic acids is 1. The Morgan fingerprint density at radius 1 is 1.18 bits per heavy atom. The molecule has 1 N–H and O–H groups in total. The van der Waals surface area contributed by atoms with Crippen molar-refractivity contribution in [2.45, 2.75) is 0 Å². The third-order valence-electron chi connectivity index (χ3n) is 2.83. The second-order valence-electron chi connectivity index (χ2n) is 4.16. The summed E-state index contributed by atoms with van der Waals surface area (Å²) in [7, 11) is 4.25. The topological polar surface area (TPSA) is 77.9 Å². The Morgan fingerprint density at radius 3 is 2.36 bits per heavy atom. The summed E-state index contributed by atoms with van der Waals surface area (Å²) in [6.07, 6.45) is 5.00. The summed E-state index contributed by atoms with van der Waals surface area (Å²) in [4.78, 5) is 15.9. The van der Waals surface area contributed by atoms with Crippen molar-refractivity contribution in [1.82, 2.24) is 4.98 Å². The highest BCUT2D eigenvalue weighted by atomic mass is 32.1. The number of nitrogens with zero attached hydrogens (tertiary/aromatic N) is 1. The molecule has 1 heterocycles. The lowest BCUT2D eigenvalue weighted by Crippen LogP contribution is -1.96. The van der Waals surface area contributed by atoms with Gasteiger partial charge in [-0.05, 0) is 23.8 Å². The maximum Gasteiger partial charge on any atom is 0.349 e. The van der Waals surface area contributed by atoms with Gasteiger partial charge in [-0.1, -0.05) is 6.08 Å². The number of aromatic hydroxyl groups is 1. The number of rotatable bonds is 5. The molecule has 0 aliphatic carbocycles. The Balaban J connectivity index is 2.26. The van der Waals surface area contributed by atoms with Crippen LogP contribution in [0, 0.1) is 0 Å². The molecule has 0 aliphatic heterocycles. The molecular formula is C15H15NO5S. The first-order valence-electron chi connectivity index (χ1n) is 6.26. The van der Waals surface area contributed by atoms with Gasteiger partial charge in [-0.3, -0.25) is 0 Å². The molecule has 0 aliphatic rings. The van der Waals surface area contributed by atoms with E-state index in [1.807, 2.05) is 0 Å². The third-order valence-corrected chi connectivity index (χ3v) is 3.77. The molecule has 7 heteroatoms. The van der Waals surface area contributed by atoms with Gasteiger partial charge in [-0.2, -0.15) is 0 Å². The fourth-order valence-corrected chi connectivity index (χ4v) is 2.48. The van der Waals surface area contributed by atoms with Crippen LogP contribution < -0.4 is 9.47 Å². The van der Waals surface area contributed by atoms with Crippen molar-refractivity contribution in [2.75, 3.05) is 21.3 Å². The zero-order valence-corrected chi connectivity index (χ0v) is 13.1. The van der Waals surface area contributed by atoms with Crippen LogP contribution in [-0.4, -0.2) is 37.4 Å². The molecule has 0 amide bonds. The molecule has 22 heavy (non-hydrogen) atoms. The number of hydrogen-bond acceptors (Lipinski definition) is 7. The lowest BCUT2D eigenvalue weighted by atomic mass is 10.1. The van der Waals surface area contributed by atoms with E-state index in [9.17, 15) is 9.90 Å². The fraction of sp³-hybridized carbons (Fsp3) is 0.200. The number of methoxy groups -OCH3 is 3. The zero-order chi connectivity index (χ0) is 16.1. The number of ether oxygens (including phenoxy) is 3. The SMILES string of the molecule is COC(=O)c1cnc(/C=C\c2cc(OC)c(O)c(OC)c2)s1. The van der Waals surface area contributed by atoms with Crippen LogP contribution in [0.5, 0.6) is 17.2 Å². The number of hydrogen-bond donors (Lipinski definition) is 1. The van der Waals surface area contributed by atoms with Gasteiger partial charge in [0, 0.05) is 0 Å². The lowest BCUT2D eigenvalue weighted by Gasteiger charge is -2.09. The molecule has 0 saturated heterocycles.